The van der Waals surface area contributed by atoms with E-state index >= 15 is 0 Å². The summed E-state index contributed by atoms with van der Waals surface area (Å²) < 4.78 is 29.2. The fourth-order valence-corrected chi connectivity index (χ4v) is 5.15. The predicted octanol–water partition coefficient (Wildman–Crippen LogP) is 4.05. The van der Waals surface area contributed by atoms with Gasteiger partial charge >= 0.3 is 6.03 Å². The van der Waals surface area contributed by atoms with Gasteiger partial charge in [-0.25, -0.2) is 18.6 Å². The van der Waals surface area contributed by atoms with Crippen molar-refractivity contribution in [3.63, 3.8) is 0 Å². The highest BCUT2D eigenvalue weighted by Gasteiger charge is 2.38. The average Bonchev–Trinajstić information content (AvgIpc) is 3.20. The number of alkyl halides is 2. The lowest BCUT2D eigenvalue weighted by atomic mass is 10.0. The number of piperidine rings is 1. The summed E-state index contributed by atoms with van der Waals surface area (Å²) in [5, 5.41) is 5.92. The van der Waals surface area contributed by atoms with E-state index in [2.05, 4.69) is 15.6 Å². The predicted molar refractivity (Wildman–Crippen MR) is 144 cm³/mol. The second kappa shape index (κ2) is 10.7. The molecule has 10 nitrogen and oxygen atoms in total. The molecular weight excluding hydrogens is 522 g/mol. The van der Waals surface area contributed by atoms with E-state index < -0.39 is 24.5 Å². The van der Waals surface area contributed by atoms with Crippen LogP contribution in [0.4, 0.5) is 25.1 Å². The maximum Gasteiger partial charge on any atom is 0.322 e. The van der Waals surface area contributed by atoms with Crippen LogP contribution in [0, 0.1) is 6.92 Å². The number of likely N-dealkylation sites (tertiary alicyclic amines) is 2. The number of aromatic nitrogens is 2. The molecule has 4 amide bonds. The highest BCUT2D eigenvalue weighted by molar-refractivity contribution is 6.08. The molecule has 1 aromatic carbocycles. The third-order valence-corrected chi connectivity index (χ3v) is 7.28. The molecule has 2 saturated heterocycles. The number of nitrogens with one attached hydrogen (secondary N) is 2. The van der Waals surface area contributed by atoms with Crippen LogP contribution in [-0.2, 0) is 16.1 Å². The Balaban J connectivity index is 1.30. The van der Waals surface area contributed by atoms with Crippen LogP contribution in [0.25, 0.3) is 10.9 Å². The highest BCUT2D eigenvalue weighted by Crippen LogP contribution is 2.29. The smallest absolute Gasteiger partial charge is 0.322 e. The van der Waals surface area contributed by atoms with Gasteiger partial charge in [-0.15, -0.1) is 0 Å². The van der Waals surface area contributed by atoms with E-state index in [4.69, 9.17) is 0 Å². The molecule has 40 heavy (non-hydrogen) atoms. The zero-order valence-corrected chi connectivity index (χ0v) is 22.2. The van der Waals surface area contributed by atoms with Crippen molar-refractivity contribution >= 4 is 46.0 Å². The number of nitrogens with zero attached hydrogens (tertiary/aromatic N) is 4. The maximum atomic E-state index is 13.8. The number of halogens is 2. The minimum Gasteiger partial charge on any atom is -0.337 e. The summed E-state index contributed by atoms with van der Waals surface area (Å²) >= 11 is 0. The van der Waals surface area contributed by atoms with Crippen molar-refractivity contribution in [1.82, 2.24) is 19.4 Å². The van der Waals surface area contributed by atoms with Crippen LogP contribution in [0.3, 0.4) is 0 Å². The Labute approximate surface area is 229 Å². The third-order valence-electron chi connectivity index (χ3n) is 7.28. The minimum absolute atomic E-state index is 0.0924. The number of amides is 4. The second-order valence-corrected chi connectivity index (χ2v) is 10.3. The number of fused-ring (bicyclic) bond motifs is 1. The van der Waals surface area contributed by atoms with Crippen molar-refractivity contribution in [2.45, 2.75) is 51.6 Å². The molecule has 0 aliphatic carbocycles. The first-order valence-corrected chi connectivity index (χ1v) is 13.1. The van der Waals surface area contributed by atoms with Crippen LogP contribution in [0.15, 0.2) is 42.6 Å². The molecule has 1 unspecified atom stereocenters. The maximum absolute atomic E-state index is 13.8. The van der Waals surface area contributed by atoms with Gasteiger partial charge in [-0.3, -0.25) is 14.4 Å². The van der Waals surface area contributed by atoms with Crippen molar-refractivity contribution in [2.75, 3.05) is 30.3 Å². The number of urea groups is 1. The lowest BCUT2D eigenvalue weighted by Crippen LogP contribution is -2.57. The number of pyridine rings is 1. The largest absolute Gasteiger partial charge is 0.337 e. The molecule has 2 N–H and O–H groups in total. The molecule has 1 atom stereocenters. The lowest BCUT2D eigenvalue weighted by molar-refractivity contribution is -0.145. The fourth-order valence-electron chi connectivity index (χ4n) is 5.15. The molecule has 4 heterocycles. The number of aryl methyl sites for hydroxylation is 1. The molecule has 2 aliphatic heterocycles. The van der Waals surface area contributed by atoms with Crippen LogP contribution in [-0.4, -0.2) is 74.6 Å². The molecule has 2 aromatic heterocycles. The molecular formula is C28H30F2N6O4. The molecule has 0 bridgehead atoms. The Morgan fingerprint density at radius 3 is 2.58 bits per heavy atom. The van der Waals surface area contributed by atoms with Crippen molar-refractivity contribution < 1.29 is 28.0 Å². The van der Waals surface area contributed by atoms with E-state index in [1.807, 2.05) is 13.0 Å². The summed E-state index contributed by atoms with van der Waals surface area (Å²) in [7, 11) is 0. The van der Waals surface area contributed by atoms with Crippen LogP contribution >= 0.6 is 0 Å². The number of benzene rings is 1. The minimum atomic E-state index is -2.92. The monoisotopic (exact) mass is 552 g/mol. The quantitative estimate of drug-likeness (QED) is 0.448. The number of anilines is 2. The molecule has 12 heteroatoms. The van der Waals surface area contributed by atoms with Gasteiger partial charge in [-0.2, -0.15) is 0 Å². The topological polar surface area (TPSA) is 117 Å². The second-order valence-electron chi connectivity index (χ2n) is 10.3. The zero-order valence-electron chi connectivity index (χ0n) is 22.2. The van der Waals surface area contributed by atoms with Crippen molar-refractivity contribution in [3.8, 4) is 0 Å². The van der Waals surface area contributed by atoms with Gasteiger partial charge < -0.3 is 25.0 Å². The SMILES string of the molecule is CC(=O)c1cn(CC(=O)N2CCC2C(=O)Nc2cccc(C)n2)c2ccc(NC(=O)N3CCCC(F)(F)C3)cc12. The van der Waals surface area contributed by atoms with E-state index in [-0.39, 0.29) is 43.5 Å². The number of Topliss-reactive ketones (excluding diaryl/α,β-unsaturated/α-hetero) is 1. The van der Waals surface area contributed by atoms with Crippen molar-refractivity contribution in [2.24, 2.45) is 0 Å². The van der Waals surface area contributed by atoms with Gasteiger partial charge in [-0.05, 0) is 57.0 Å². The Morgan fingerprint density at radius 1 is 1.10 bits per heavy atom. The molecule has 2 fully saturated rings. The summed E-state index contributed by atoms with van der Waals surface area (Å²) in [6.45, 7) is 3.15. The molecule has 0 spiro atoms. The van der Waals surface area contributed by atoms with E-state index in [9.17, 15) is 28.0 Å². The van der Waals surface area contributed by atoms with Crippen LogP contribution in [0.1, 0.15) is 42.2 Å². The highest BCUT2D eigenvalue weighted by atomic mass is 19.3. The molecule has 0 saturated carbocycles. The fraction of sp³-hybridized carbons (Fsp3) is 0.393. The standard InChI is InChI=1S/C28H30F2N6O4/c1-17-5-3-6-24(31-17)33-26(39)23-9-12-36(23)25(38)15-35-14-21(18(2)37)20-13-19(7-8-22(20)35)32-27(40)34-11-4-10-28(29,30)16-34/h3,5-8,13-14,23H,4,9-12,15-16H2,1-2H3,(H,32,40)(H,31,33,39). The van der Waals surface area contributed by atoms with E-state index in [0.29, 0.717) is 40.9 Å². The van der Waals surface area contributed by atoms with Gasteiger partial charge in [0.05, 0.1) is 6.54 Å². The zero-order chi connectivity index (χ0) is 28.6. The average molecular weight is 553 g/mol. The Hall–Kier alpha value is -4.35. The molecule has 2 aliphatic rings. The van der Waals surface area contributed by atoms with Gasteiger partial charge in [0, 0.05) is 53.6 Å². The van der Waals surface area contributed by atoms with Gasteiger partial charge in [0.1, 0.15) is 18.4 Å². The Bertz CT molecular complexity index is 1500. The van der Waals surface area contributed by atoms with Crippen LogP contribution in [0.2, 0.25) is 0 Å². The summed E-state index contributed by atoms with van der Waals surface area (Å²) in [6, 6.07) is 8.90. The Kier molecular flexibility index (Phi) is 7.26. The number of rotatable bonds is 6. The van der Waals surface area contributed by atoms with Crippen LogP contribution < -0.4 is 10.6 Å². The molecule has 5 rings (SSSR count). The first-order chi connectivity index (χ1) is 19.0. The molecule has 3 aromatic rings. The summed E-state index contributed by atoms with van der Waals surface area (Å²) in [4.78, 5) is 57.8. The number of hydrogen-bond donors (Lipinski definition) is 2. The van der Waals surface area contributed by atoms with Crippen molar-refractivity contribution in [1.29, 1.82) is 0 Å². The van der Waals surface area contributed by atoms with E-state index in [1.165, 1.54) is 11.8 Å². The first kappa shape index (κ1) is 27.2. The number of carbonyl (C=O) groups excluding carboxylic acids is 4. The molecule has 0 radical (unpaired) electrons. The summed E-state index contributed by atoms with van der Waals surface area (Å²) in [5.74, 6) is -3.32. The van der Waals surface area contributed by atoms with E-state index in [0.717, 1.165) is 10.6 Å². The van der Waals surface area contributed by atoms with Crippen LogP contribution in [0.5, 0.6) is 0 Å². The van der Waals surface area contributed by atoms with Crippen molar-refractivity contribution in [3.05, 3.63) is 53.9 Å². The van der Waals surface area contributed by atoms with Gasteiger partial charge in [0.25, 0.3) is 5.92 Å². The number of ketones is 1. The van der Waals surface area contributed by atoms with E-state index in [1.54, 1.807) is 41.1 Å². The summed E-state index contributed by atoms with van der Waals surface area (Å²) in [5.41, 5.74) is 2.05. The third kappa shape index (κ3) is 5.65. The summed E-state index contributed by atoms with van der Waals surface area (Å²) in [6.07, 6.45) is 2.07. The first-order valence-electron chi connectivity index (χ1n) is 13.1. The number of hydrogen-bond acceptors (Lipinski definition) is 5. The van der Waals surface area contributed by atoms with Gasteiger partial charge in [-0.1, -0.05) is 6.07 Å². The van der Waals surface area contributed by atoms with Gasteiger partial charge in [0.15, 0.2) is 5.78 Å². The molecule has 210 valence electrons. The normalized spacial score (nSPS) is 18.2. The lowest BCUT2D eigenvalue weighted by Gasteiger charge is -2.39. The van der Waals surface area contributed by atoms with Gasteiger partial charge in [0.2, 0.25) is 11.8 Å². The number of carbonyl (C=O) groups is 4. The Morgan fingerprint density at radius 2 is 1.90 bits per heavy atom.